The van der Waals surface area contributed by atoms with Crippen molar-refractivity contribution in [1.82, 2.24) is 19.9 Å². The predicted molar refractivity (Wildman–Crippen MR) is 74.5 cm³/mol. The quantitative estimate of drug-likeness (QED) is 0.544. The van der Waals surface area contributed by atoms with Crippen LogP contribution in [0.15, 0.2) is 42.7 Å². The summed E-state index contributed by atoms with van der Waals surface area (Å²) in [7, 11) is 0. The molecule has 4 rings (SSSR count). The van der Waals surface area contributed by atoms with E-state index in [0.29, 0.717) is 11.3 Å². The third-order valence-corrected chi connectivity index (χ3v) is 3.35. The number of fused-ring (bicyclic) bond motifs is 3. The number of aromatic nitrogens is 4. The molecule has 0 saturated heterocycles. The van der Waals surface area contributed by atoms with Crippen LogP contribution in [0.1, 0.15) is 0 Å². The Morgan fingerprint density at radius 3 is 2.67 bits per heavy atom. The molecule has 0 aliphatic rings. The van der Waals surface area contributed by atoms with Gasteiger partial charge in [-0.1, -0.05) is 0 Å². The minimum atomic E-state index is -0.875. The molecule has 0 aliphatic carbocycles. The molecule has 6 heteroatoms. The van der Waals surface area contributed by atoms with Crippen molar-refractivity contribution in [2.75, 3.05) is 0 Å². The van der Waals surface area contributed by atoms with Crippen molar-refractivity contribution in [2.45, 2.75) is 0 Å². The van der Waals surface area contributed by atoms with Crippen LogP contribution in [-0.2, 0) is 0 Å². The molecule has 0 amide bonds. The number of halogens is 2. The second-order valence-electron chi connectivity index (χ2n) is 4.61. The van der Waals surface area contributed by atoms with E-state index in [1.807, 2.05) is 12.1 Å². The average molecular weight is 281 g/mol. The van der Waals surface area contributed by atoms with Crippen molar-refractivity contribution in [3.8, 4) is 11.3 Å². The Bertz CT molecular complexity index is 978. The summed E-state index contributed by atoms with van der Waals surface area (Å²) in [5, 5.41) is 1.85. The third-order valence-electron chi connectivity index (χ3n) is 3.35. The topological polar surface area (TPSA) is 54.5 Å². The van der Waals surface area contributed by atoms with Crippen molar-refractivity contribution >= 4 is 21.9 Å². The van der Waals surface area contributed by atoms with Crippen LogP contribution in [0.5, 0.6) is 0 Å². The molecule has 0 atom stereocenters. The Morgan fingerprint density at radius 1 is 0.905 bits per heavy atom. The van der Waals surface area contributed by atoms with E-state index in [4.69, 9.17) is 0 Å². The molecule has 4 nitrogen and oxygen atoms in total. The molecule has 4 aromatic rings. The number of aromatic amines is 1. The smallest absolute Gasteiger partial charge is 0.224 e. The Balaban J connectivity index is 1.96. The SMILES string of the molecule is Fc1nc([18F])ccc1-c1ccc2c(n1)[nH]c1ccncc12. The van der Waals surface area contributed by atoms with Gasteiger partial charge in [0, 0.05) is 23.2 Å². The standard InChI is InChI=1S/C15H8F2N4/c16-13-4-2-9(14(17)21-13)11-3-1-8-10-7-18-6-5-12(10)20-15(8)19-11/h1-7H,(H,19,20)/i16-1. The molecule has 0 spiro atoms. The molecule has 102 valence electrons. The number of rotatable bonds is 1. The molecule has 0 fully saturated rings. The molecule has 0 bridgehead atoms. The van der Waals surface area contributed by atoms with E-state index in [0.717, 1.165) is 22.4 Å². The zero-order chi connectivity index (χ0) is 14.4. The lowest BCUT2D eigenvalue weighted by Gasteiger charge is -2.02. The van der Waals surface area contributed by atoms with Crippen LogP contribution in [0.3, 0.4) is 0 Å². The first-order valence-corrected chi connectivity index (χ1v) is 6.27. The maximum atomic E-state index is 13.7. The summed E-state index contributed by atoms with van der Waals surface area (Å²) in [5.41, 5.74) is 2.09. The van der Waals surface area contributed by atoms with E-state index in [9.17, 15) is 8.78 Å². The molecule has 4 heterocycles. The highest BCUT2D eigenvalue weighted by atomic mass is 19.1. The first-order valence-electron chi connectivity index (χ1n) is 6.27. The Morgan fingerprint density at radius 2 is 1.81 bits per heavy atom. The minimum Gasteiger partial charge on any atom is -0.339 e. The van der Waals surface area contributed by atoms with E-state index in [1.165, 1.54) is 6.07 Å². The maximum Gasteiger partial charge on any atom is 0.224 e. The van der Waals surface area contributed by atoms with E-state index in [2.05, 4.69) is 19.9 Å². The van der Waals surface area contributed by atoms with Crippen molar-refractivity contribution in [1.29, 1.82) is 0 Å². The number of nitrogens with zero attached hydrogens (tertiary/aromatic N) is 3. The number of pyridine rings is 3. The minimum absolute atomic E-state index is 0.162. The number of nitrogens with one attached hydrogen (secondary N) is 1. The Labute approximate surface area is 117 Å². The molecule has 0 aromatic carbocycles. The highest BCUT2D eigenvalue weighted by Gasteiger charge is 2.11. The summed E-state index contributed by atoms with van der Waals surface area (Å²) < 4.78 is 26.6. The molecule has 0 unspecified atom stereocenters. The molecule has 21 heavy (non-hydrogen) atoms. The van der Waals surface area contributed by atoms with Gasteiger partial charge in [-0.15, -0.1) is 0 Å². The van der Waals surface area contributed by atoms with Gasteiger partial charge in [0.25, 0.3) is 0 Å². The summed E-state index contributed by atoms with van der Waals surface area (Å²) in [6.45, 7) is 0. The summed E-state index contributed by atoms with van der Waals surface area (Å²) in [6.07, 6.45) is 3.43. The lowest BCUT2D eigenvalue weighted by Crippen LogP contribution is -1.94. The maximum absolute atomic E-state index is 13.7. The third kappa shape index (κ3) is 1.84. The number of H-pyrrole nitrogens is 1. The first kappa shape index (κ1) is 11.9. The van der Waals surface area contributed by atoms with Gasteiger partial charge in [-0.25, -0.2) is 4.98 Å². The predicted octanol–water partition coefficient (Wildman–Crippen LogP) is 3.45. The Kier molecular flexibility index (Phi) is 2.44. The van der Waals surface area contributed by atoms with Gasteiger partial charge in [0.1, 0.15) is 5.65 Å². The largest absolute Gasteiger partial charge is 0.339 e. The number of hydrogen-bond donors (Lipinski definition) is 1. The van der Waals surface area contributed by atoms with Gasteiger partial charge in [-0.3, -0.25) is 4.98 Å². The normalized spacial score (nSPS) is 11.3. The van der Waals surface area contributed by atoms with Gasteiger partial charge < -0.3 is 4.98 Å². The molecule has 4 aromatic heterocycles. The van der Waals surface area contributed by atoms with Crippen molar-refractivity contribution in [2.24, 2.45) is 0 Å². The van der Waals surface area contributed by atoms with Crippen LogP contribution in [0, 0.1) is 11.9 Å². The van der Waals surface area contributed by atoms with Crippen LogP contribution < -0.4 is 0 Å². The fraction of sp³-hybridized carbons (Fsp3) is 0. The van der Waals surface area contributed by atoms with E-state index in [1.54, 1.807) is 18.5 Å². The van der Waals surface area contributed by atoms with Crippen LogP contribution >= 0.6 is 0 Å². The van der Waals surface area contributed by atoms with Crippen molar-refractivity contribution < 1.29 is 8.78 Å². The van der Waals surface area contributed by atoms with Crippen LogP contribution in [0.4, 0.5) is 8.78 Å². The first-order chi connectivity index (χ1) is 10.2. The lowest BCUT2D eigenvalue weighted by atomic mass is 10.1. The highest BCUT2D eigenvalue weighted by molar-refractivity contribution is 6.05. The monoisotopic (exact) mass is 281 g/mol. The van der Waals surface area contributed by atoms with E-state index < -0.39 is 11.9 Å². The fourth-order valence-electron chi connectivity index (χ4n) is 2.37. The van der Waals surface area contributed by atoms with E-state index >= 15 is 0 Å². The fourth-order valence-corrected chi connectivity index (χ4v) is 2.37. The second kappa shape index (κ2) is 4.31. The molecule has 0 saturated carbocycles. The molecule has 0 radical (unpaired) electrons. The zero-order valence-electron chi connectivity index (χ0n) is 10.6. The van der Waals surface area contributed by atoms with Gasteiger partial charge in [0.05, 0.1) is 16.8 Å². The molecular formula is C15H8F2N4. The van der Waals surface area contributed by atoms with Crippen molar-refractivity contribution in [3.63, 3.8) is 0 Å². The van der Waals surface area contributed by atoms with Crippen LogP contribution in [0.2, 0.25) is 0 Å². The van der Waals surface area contributed by atoms with Crippen LogP contribution in [-0.4, -0.2) is 19.9 Å². The van der Waals surface area contributed by atoms with Crippen LogP contribution in [0.25, 0.3) is 33.2 Å². The van der Waals surface area contributed by atoms with Gasteiger partial charge in [0.2, 0.25) is 11.9 Å². The second-order valence-corrected chi connectivity index (χ2v) is 4.61. The summed E-state index contributed by atoms with van der Waals surface area (Å²) in [5.74, 6) is -1.73. The summed E-state index contributed by atoms with van der Waals surface area (Å²) >= 11 is 0. The van der Waals surface area contributed by atoms with Gasteiger partial charge in [0.15, 0.2) is 0 Å². The molecule has 1 N–H and O–H groups in total. The van der Waals surface area contributed by atoms with Gasteiger partial charge >= 0.3 is 0 Å². The lowest BCUT2D eigenvalue weighted by molar-refractivity contribution is 0.515. The van der Waals surface area contributed by atoms with Crippen molar-refractivity contribution in [3.05, 3.63) is 54.6 Å². The average Bonchev–Trinajstić information content (AvgIpc) is 2.84. The molecular weight excluding hydrogens is 273 g/mol. The highest BCUT2D eigenvalue weighted by Crippen LogP contribution is 2.27. The summed E-state index contributed by atoms with van der Waals surface area (Å²) in [6, 6.07) is 7.80. The van der Waals surface area contributed by atoms with E-state index in [-0.39, 0.29) is 5.56 Å². The summed E-state index contributed by atoms with van der Waals surface area (Å²) in [4.78, 5) is 14.8. The van der Waals surface area contributed by atoms with Gasteiger partial charge in [-0.2, -0.15) is 13.8 Å². The zero-order valence-corrected chi connectivity index (χ0v) is 10.6. The Hall–Kier alpha value is -2.89. The molecule has 0 aliphatic heterocycles. The number of hydrogen-bond acceptors (Lipinski definition) is 3. The van der Waals surface area contributed by atoms with Gasteiger partial charge in [-0.05, 0) is 30.3 Å².